The summed E-state index contributed by atoms with van der Waals surface area (Å²) >= 11 is 0. The molecule has 1 aliphatic rings. The van der Waals surface area contributed by atoms with Gasteiger partial charge in [-0.25, -0.2) is 0 Å². The zero-order chi connectivity index (χ0) is 9.80. The standard InChI is InChI=1S/C13H11N/c14-10-11-6-8-13(9-7-11)12-4-2-1-3-5-12/h1-2,4,6-9H,3,5H2. The van der Waals surface area contributed by atoms with Crippen molar-refractivity contribution in [3.63, 3.8) is 0 Å². The minimum absolute atomic E-state index is 0.723. The number of allylic oxidation sites excluding steroid dienone is 4. The molecule has 1 aromatic rings. The maximum Gasteiger partial charge on any atom is 0.0991 e. The lowest BCUT2D eigenvalue weighted by atomic mass is 9.97. The summed E-state index contributed by atoms with van der Waals surface area (Å²) in [6.45, 7) is 0. The van der Waals surface area contributed by atoms with Crippen LogP contribution in [0.15, 0.2) is 42.5 Å². The van der Waals surface area contributed by atoms with Gasteiger partial charge in [0.1, 0.15) is 0 Å². The normalized spacial score (nSPS) is 14.6. The monoisotopic (exact) mass is 181 g/mol. The number of rotatable bonds is 1. The molecule has 0 amide bonds. The molecule has 0 aliphatic heterocycles. The van der Waals surface area contributed by atoms with Gasteiger partial charge in [-0.15, -0.1) is 0 Å². The van der Waals surface area contributed by atoms with Crippen LogP contribution >= 0.6 is 0 Å². The Morgan fingerprint density at radius 2 is 1.93 bits per heavy atom. The van der Waals surface area contributed by atoms with E-state index in [0.717, 1.165) is 18.4 Å². The Balaban J connectivity index is 2.29. The molecule has 0 saturated heterocycles. The fourth-order valence-corrected chi connectivity index (χ4v) is 1.60. The van der Waals surface area contributed by atoms with Crippen molar-refractivity contribution < 1.29 is 0 Å². The summed E-state index contributed by atoms with van der Waals surface area (Å²) in [5.74, 6) is 0. The molecule has 68 valence electrons. The summed E-state index contributed by atoms with van der Waals surface area (Å²) in [6.07, 6.45) is 8.63. The highest BCUT2D eigenvalue weighted by Gasteiger charge is 2.02. The number of nitriles is 1. The van der Waals surface area contributed by atoms with Crippen LogP contribution in [0.1, 0.15) is 24.0 Å². The van der Waals surface area contributed by atoms with Crippen molar-refractivity contribution in [2.24, 2.45) is 0 Å². The first-order valence-electron chi connectivity index (χ1n) is 4.76. The van der Waals surface area contributed by atoms with Gasteiger partial charge in [0.05, 0.1) is 11.6 Å². The molecule has 0 saturated carbocycles. The van der Waals surface area contributed by atoms with E-state index in [9.17, 15) is 0 Å². The Kier molecular flexibility index (Phi) is 2.46. The lowest BCUT2D eigenvalue weighted by Gasteiger charge is -2.08. The lowest BCUT2D eigenvalue weighted by molar-refractivity contribution is 1.05. The quantitative estimate of drug-likeness (QED) is 0.652. The van der Waals surface area contributed by atoms with E-state index in [0.29, 0.717) is 0 Å². The highest BCUT2D eigenvalue weighted by molar-refractivity contribution is 5.68. The highest BCUT2D eigenvalue weighted by Crippen LogP contribution is 2.23. The van der Waals surface area contributed by atoms with Crippen molar-refractivity contribution in [2.45, 2.75) is 12.8 Å². The molecule has 1 heteroatoms. The van der Waals surface area contributed by atoms with Gasteiger partial charge in [-0.05, 0) is 36.1 Å². The average molecular weight is 181 g/mol. The summed E-state index contributed by atoms with van der Waals surface area (Å²) in [4.78, 5) is 0. The molecular weight excluding hydrogens is 170 g/mol. The van der Waals surface area contributed by atoms with Crippen LogP contribution in [0.25, 0.3) is 5.57 Å². The van der Waals surface area contributed by atoms with Crippen LogP contribution in [-0.4, -0.2) is 0 Å². The molecule has 1 aliphatic carbocycles. The summed E-state index contributed by atoms with van der Waals surface area (Å²) in [7, 11) is 0. The average Bonchev–Trinajstić information content (AvgIpc) is 2.30. The van der Waals surface area contributed by atoms with Crippen LogP contribution in [0.5, 0.6) is 0 Å². The van der Waals surface area contributed by atoms with Gasteiger partial charge in [-0.1, -0.05) is 30.4 Å². The second kappa shape index (κ2) is 3.93. The minimum Gasteiger partial charge on any atom is -0.192 e. The van der Waals surface area contributed by atoms with Crippen LogP contribution < -0.4 is 0 Å². The zero-order valence-corrected chi connectivity index (χ0v) is 7.90. The summed E-state index contributed by atoms with van der Waals surface area (Å²) in [5.41, 5.74) is 3.31. The van der Waals surface area contributed by atoms with Crippen LogP contribution in [0.4, 0.5) is 0 Å². The number of nitrogens with zero attached hydrogens (tertiary/aromatic N) is 1. The number of hydrogen-bond acceptors (Lipinski definition) is 1. The number of benzene rings is 1. The van der Waals surface area contributed by atoms with Crippen LogP contribution in [0.2, 0.25) is 0 Å². The Hall–Kier alpha value is -1.81. The molecule has 0 atom stereocenters. The molecule has 1 nitrogen and oxygen atoms in total. The Morgan fingerprint density at radius 3 is 2.50 bits per heavy atom. The molecule has 0 spiro atoms. The first-order valence-corrected chi connectivity index (χ1v) is 4.76. The Labute approximate surface area is 84.0 Å². The maximum absolute atomic E-state index is 8.66. The van der Waals surface area contributed by atoms with Gasteiger partial charge in [0.15, 0.2) is 0 Å². The predicted octanol–water partition coefficient (Wildman–Crippen LogP) is 3.29. The van der Waals surface area contributed by atoms with Gasteiger partial charge in [0, 0.05) is 0 Å². The summed E-state index contributed by atoms with van der Waals surface area (Å²) in [6, 6.07) is 9.90. The predicted molar refractivity (Wildman–Crippen MR) is 57.5 cm³/mol. The third kappa shape index (κ3) is 1.75. The molecule has 0 heterocycles. The van der Waals surface area contributed by atoms with Gasteiger partial charge >= 0.3 is 0 Å². The highest BCUT2D eigenvalue weighted by atomic mass is 14.2. The summed E-state index contributed by atoms with van der Waals surface area (Å²) in [5, 5.41) is 8.66. The molecule has 0 N–H and O–H groups in total. The van der Waals surface area contributed by atoms with Gasteiger partial charge in [0.2, 0.25) is 0 Å². The molecule has 1 aromatic carbocycles. The molecular formula is C13H11N. The molecule has 2 rings (SSSR count). The number of hydrogen-bond donors (Lipinski definition) is 0. The second-order valence-corrected chi connectivity index (χ2v) is 3.35. The molecule has 0 radical (unpaired) electrons. The zero-order valence-electron chi connectivity index (χ0n) is 7.90. The van der Waals surface area contributed by atoms with E-state index in [1.807, 2.05) is 24.3 Å². The van der Waals surface area contributed by atoms with Gasteiger partial charge in [-0.2, -0.15) is 5.26 Å². The van der Waals surface area contributed by atoms with E-state index in [-0.39, 0.29) is 0 Å². The van der Waals surface area contributed by atoms with E-state index < -0.39 is 0 Å². The van der Waals surface area contributed by atoms with Gasteiger partial charge in [0.25, 0.3) is 0 Å². The van der Waals surface area contributed by atoms with E-state index in [1.54, 1.807) is 0 Å². The minimum atomic E-state index is 0.723. The Bertz CT molecular complexity index is 416. The third-order valence-corrected chi connectivity index (χ3v) is 2.40. The molecule has 0 unspecified atom stereocenters. The molecule has 0 aromatic heterocycles. The van der Waals surface area contributed by atoms with Crippen molar-refractivity contribution in [2.75, 3.05) is 0 Å². The topological polar surface area (TPSA) is 23.8 Å². The molecule has 0 bridgehead atoms. The van der Waals surface area contributed by atoms with Crippen molar-refractivity contribution >= 4 is 5.57 Å². The fraction of sp³-hybridized carbons (Fsp3) is 0.154. The van der Waals surface area contributed by atoms with E-state index in [2.05, 4.69) is 24.3 Å². The van der Waals surface area contributed by atoms with E-state index in [1.165, 1.54) is 11.1 Å². The second-order valence-electron chi connectivity index (χ2n) is 3.35. The van der Waals surface area contributed by atoms with Crippen molar-refractivity contribution in [3.05, 3.63) is 53.6 Å². The first-order chi connectivity index (χ1) is 6.90. The van der Waals surface area contributed by atoms with E-state index >= 15 is 0 Å². The van der Waals surface area contributed by atoms with E-state index in [4.69, 9.17) is 5.26 Å². The largest absolute Gasteiger partial charge is 0.192 e. The smallest absolute Gasteiger partial charge is 0.0991 e. The van der Waals surface area contributed by atoms with Crippen molar-refractivity contribution in [1.82, 2.24) is 0 Å². The molecule has 0 fully saturated rings. The Morgan fingerprint density at radius 1 is 1.14 bits per heavy atom. The van der Waals surface area contributed by atoms with Gasteiger partial charge in [-0.3, -0.25) is 0 Å². The van der Waals surface area contributed by atoms with Crippen LogP contribution in [-0.2, 0) is 0 Å². The fourth-order valence-electron chi connectivity index (χ4n) is 1.60. The third-order valence-electron chi connectivity index (χ3n) is 2.40. The van der Waals surface area contributed by atoms with Crippen molar-refractivity contribution in [3.8, 4) is 6.07 Å². The summed E-state index contributed by atoms with van der Waals surface area (Å²) < 4.78 is 0. The van der Waals surface area contributed by atoms with Crippen LogP contribution in [0, 0.1) is 11.3 Å². The van der Waals surface area contributed by atoms with Crippen molar-refractivity contribution in [1.29, 1.82) is 5.26 Å². The van der Waals surface area contributed by atoms with Crippen LogP contribution in [0.3, 0.4) is 0 Å². The SMILES string of the molecule is N#Cc1ccc(C2=CC=CCC2)cc1. The first kappa shape index (κ1) is 8.77. The van der Waals surface area contributed by atoms with Gasteiger partial charge < -0.3 is 0 Å². The lowest BCUT2D eigenvalue weighted by Crippen LogP contribution is -1.87. The molecule has 14 heavy (non-hydrogen) atoms. The maximum atomic E-state index is 8.66.